The zero-order valence-electron chi connectivity index (χ0n) is 17.2. The first-order chi connectivity index (χ1) is 14.4. The van der Waals surface area contributed by atoms with E-state index in [9.17, 15) is 8.42 Å². The highest BCUT2D eigenvalue weighted by Gasteiger charge is 2.29. The molecular weight excluding hydrogens is 404 g/mol. The molecule has 0 bridgehead atoms. The second-order valence-corrected chi connectivity index (χ2v) is 9.42. The second-order valence-electron chi connectivity index (χ2n) is 7.28. The average Bonchev–Trinajstić information content (AvgIpc) is 3.28. The molecule has 3 aromatic rings. The molecule has 0 saturated carbocycles. The van der Waals surface area contributed by atoms with Gasteiger partial charge in [0, 0.05) is 64.4 Å². The Hall–Kier alpha value is -2.82. The number of rotatable bonds is 5. The van der Waals surface area contributed by atoms with Crippen LogP contribution in [-0.4, -0.2) is 72.3 Å². The molecule has 0 spiro atoms. The molecule has 4 rings (SSSR count). The molecule has 0 radical (unpaired) electrons. The molecule has 30 heavy (non-hydrogen) atoms. The van der Waals surface area contributed by atoms with Gasteiger partial charge in [0.1, 0.15) is 5.69 Å². The predicted molar refractivity (Wildman–Crippen MR) is 114 cm³/mol. The van der Waals surface area contributed by atoms with E-state index in [0.717, 1.165) is 16.7 Å². The van der Waals surface area contributed by atoms with Crippen molar-refractivity contribution in [3.8, 4) is 22.6 Å². The summed E-state index contributed by atoms with van der Waals surface area (Å²) in [6, 6.07) is 5.63. The lowest BCUT2D eigenvalue weighted by molar-refractivity contribution is 0.354. The van der Waals surface area contributed by atoms with Crippen LogP contribution in [0.2, 0.25) is 0 Å². The molecule has 1 saturated heterocycles. The molecule has 0 aliphatic carbocycles. The summed E-state index contributed by atoms with van der Waals surface area (Å²) in [5, 5.41) is 0. The van der Waals surface area contributed by atoms with Crippen LogP contribution < -0.4 is 4.90 Å². The Labute approximate surface area is 176 Å². The Bertz CT molecular complexity index is 1120. The van der Waals surface area contributed by atoms with Crippen LogP contribution in [0.3, 0.4) is 0 Å². The molecule has 9 nitrogen and oxygen atoms in total. The van der Waals surface area contributed by atoms with Crippen LogP contribution in [0, 0.1) is 6.92 Å². The molecule has 1 aliphatic heterocycles. The molecule has 0 N–H and O–H groups in total. The predicted octanol–water partition coefficient (Wildman–Crippen LogP) is 2.04. The van der Waals surface area contributed by atoms with E-state index in [1.54, 1.807) is 38.9 Å². The number of pyridine rings is 1. The van der Waals surface area contributed by atoms with Crippen molar-refractivity contribution in [2.75, 3.05) is 45.2 Å². The largest absolute Gasteiger partial charge is 0.463 e. The number of hydrogen-bond acceptors (Lipinski definition) is 7. The summed E-state index contributed by atoms with van der Waals surface area (Å²) in [4.78, 5) is 15.5. The van der Waals surface area contributed by atoms with E-state index in [4.69, 9.17) is 9.40 Å². The minimum absolute atomic E-state index is 0.380. The van der Waals surface area contributed by atoms with Crippen LogP contribution in [-0.2, 0) is 10.2 Å². The third-order valence-electron chi connectivity index (χ3n) is 5.15. The molecule has 1 fully saturated rings. The van der Waals surface area contributed by atoms with Crippen molar-refractivity contribution in [1.29, 1.82) is 0 Å². The summed E-state index contributed by atoms with van der Waals surface area (Å²) < 4.78 is 33.1. The van der Waals surface area contributed by atoms with Crippen LogP contribution in [0.4, 0.5) is 5.95 Å². The Morgan fingerprint density at radius 2 is 1.83 bits per heavy atom. The van der Waals surface area contributed by atoms with Crippen LogP contribution in [0.1, 0.15) is 5.56 Å². The van der Waals surface area contributed by atoms with Crippen LogP contribution in [0.25, 0.3) is 22.6 Å². The van der Waals surface area contributed by atoms with Crippen molar-refractivity contribution < 1.29 is 12.8 Å². The number of aryl methyl sites for hydroxylation is 1. The number of aromatic nitrogens is 3. The third-order valence-corrected chi connectivity index (χ3v) is 7.09. The van der Waals surface area contributed by atoms with E-state index < -0.39 is 10.2 Å². The van der Waals surface area contributed by atoms with Crippen molar-refractivity contribution >= 4 is 16.2 Å². The molecular formula is C20H24N6O3S. The third kappa shape index (κ3) is 3.81. The van der Waals surface area contributed by atoms with Gasteiger partial charge >= 0.3 is 0 Å². The molecule has 10 heteroatoms. The maximum absolute atomic E-state index is 12.4. The number of furan rings is 1. The molecule has 0 unspecified atom stereocenters. The molecule has 0 atom stereocenters. The summed E-state index contributed by atoms with van der Waals surface area (Å²) in [6.45, 7) is 3.78. The summed E-state index contributed by atoms with van der Waals surface area (Å²) >= 11 is 0. The Morgan fingerprint density at radius 3 is 2.47 bits per heavy atom. The summed E-state index contributed by atoms with van der Waals surface area (Å²) in [5.74, 6) is 1.21. The van der Waals surface area contributed by atoms with Crippen LogP contribution >= 0.6 is 0 Å². The fourth-order valence-corrected chi connectivity index (χ4v) is 4.54. The average molecular weight is 429 g/mol. The highest BCUT2D eigenvalue weighted by molar-refractivity contribution is 7.86. The minimum Gasteiger partial charge on any atom is -0.463 e. The van der Waals surface area contributed by atoms with Gasteiger partial charge in [0.05, 0.1) is 6.26 Å². The molecule has 4 heterocycles. The van der Waals surface area contributed by atoms with Gasteiger partial charge in [-0.2, -0.15) is 17.0 Å². The summed E-state index contributed by atoms with van der Waals surface area (Å²) in [6.07, 6.45) is 6.96. The van der Waals surface area contributed by atoms with E-state index in [1.807, 2.05) is 30.0 Å². The Kier molecular flexibility index (Phi) is 5.54. The van der Waals surface area contributed by atoms with Gasteiger partial charge in [-0.05, 0) is 36.2 Å². The van der Waals surface area contributed by atoms with Gasteiger partial charge in [-0.3, -0.25) is 4.98 Å². The van der Waals surface area contributed by atoms with Crippen molar-refractivity contribution in [2.45, 2.75) is 6.92 Å². The van der Waals surface area contributed by atoms with E-state index in [1.165, 1.54) is 8.61 Å². The van der Waals surface area contributed by atoms with Crippen molar-refractivity contribution in [3.63, 3.8) is 0 Å². The Balaban J connectivity index is 1.65. The van der Waals surface area contributed by atoms with Gasteiger partial charge in [-0.15, -0.1) is 0 Å². The molecule has 0 aromatic carbocycles. The SMILES string of the molecule is Cc1cnccc1-c1cnc(N2CCN(S(=O)(=O)N(C)C)CC2)nc1-c1ccco1. The van der Waals surface area contributed by atoms with Crippen molar-refractivity contribution in [3.05, 3.63) is 48.6 Å². The molecule has 3 aromatic heterocycles. The lowest BCUT2D eigenvalue weighted by atomic mass is 10.0. The van der Waals surface area contributed by atoms with Gasteiger partial charge in [0.15, 0.2) is 5.76 Å². The number of piperazine rings is 1. The topological polar surface area (TPSA) is 95.7 Å². The normalized spacial score (nSPS) is 15.7. The van der Waals surface area contributed by atoms with Crippen LogP contribution in [0.5, 0.6) is 0 Å². The smallest absolute Gasteiger partial charge is 0.281 e. The van der Waals surface area contributed by atoms with E-state index in [2.05, 4.69) is 9.97 Å². The fourth-order valence-electron chi connectivity index (χ4n) is 3.45. The lowest BCUT2D eigenvalue weighted by Crippen LogP contribution is -2.52. The maximum Gasteiger partial charge on any atom is 0.281 e. The van der Waals surface area contributed by atoms with E-state index in [0.29, 0.717) is 43.6 Å². The zero-order valence-corrected chi connectivity index (χ0v) is 18.0. The van der Waals surface area contributed by atoms with Gasteiger partial charge in [0.25, 0.3) is 10.2 Å². The van der Waals surface area contributed by atoms with Gasteiger partial charge in [-0.25, -0.2) is 9.97 Å². The number of hydrogen-bond donors (Lipinski definition) is 0. The molecule has 0 amide bonds. The summed E-state index contributed by atoms with van der Waals surface area (Å²) in [5.41, 5.74) is 3.57. The van der Waals surface area contributed by atoms with E-state index in [-0.39, 0.29) is 0 Å². The highest BCUT2D eigenvalue weighted by atomic mass is 32.2. The van der Waals surface area contributed by atoms with Gasteiger partial charge in [-0.1, -0.05) is 0 Å². The van der Waals surface area contributed by atoms with Gasteiger partial charge < -0.3 is 9.32 Å². The fraction of sp³-hybridized carbons (Fsp3) is 0.350. The lowest BCUT2D eigenvalue weighted by Gasteiger charge is -2.35. The first-order valence-corrected chi connectivity index (χ1v) is 11.0. The zero-order chi connectivity index (χ0) is 21.3. The highest BCUT2D eigenvalue weighted by Crippen LogP contribution is 2.33. The molecule has 1 aliphatic rings. The summed E-state index contributed by atoms with van der Waals surface area (Å²) in [7, 11) is -0.335. The Morgan fingerprint density at radius 1 is 1.07 bits per heavy atom. The van der Waals surface area contributed by atoms with Gasteiger partial charge in [0.2, 0.25) is 5.95 Å². The van der Waals surface area contributed by atoms with Crippen molar-refractivity contribution in [1.82, 2.24) is 23.6 Å². The first-order valence-electron chi connectivity index (χ1n) is 9.62. The quantitative estimate of drug-likeness (QED) is 0.614. The second kappa shape index (κ2) is 8.13. The standard InChI is InChI=1S/C20H24N6O3S/c1-15-13-21-7-6-16(15)17-14-22-20(23-19(17)18-5-4-12-29-18)25-8-10-26(11-9-25)30(27,28)24(2)3/h4-7,12-14H,8-11H2,1-3H3. The number of nitrogens with zero attached hydrogens (tertiary/aromatic N) is 6. The number of anilines is 1. The van der Waals surface area contributed by atoms with Crippen LogP contribution in [0.15, 0.2) is 47.5 Å². The monoisotopic (exact) mass is 428 g/mol. The van der Waals surface area contributed by atoms with E-state index >= 15 is 0 Å². The maximum atomic E-state index is 12.4. The minimum atomic E-state index is -3.42. The van der Waals surface area contributed by atoms with Crippen molar-refractivity contribution in [2.24, 2.45) is 0 Å². The molecule has 158 valence electrons. The first kappa shape index (κ1) is 20.5.